The van der Waals surface area contributed by atoms with Gasteiger partial charge < -0.3 is 10.4 Å². The van der Waals surface area contributed by atoms with Gasteiger partial charge in [-0.1, -0.05) is 12.8 Å². The fourth-order valence-electron chi connectivity index (χ4n) is 2.57. The third-order valence-electron chi connectivity index (χ3n) is 3.76. The Labute approximate surface area is 91.2 Å². The molecule has 2 unspecified atom stereocenters. The lowest BCUT2D eigenvalue weighted by atomic mass is 9.79. The van der Waals surface area contributed by atoms with Gasteiger partial charge in [-0.25, -0.2) is 0 Å². The van der Waals surface area contributed by atoms with E-state index in [-0.39, 0.29) is 5.92 Å². The maximum atomic E-state index is 11.0. The summed E-state index contributed by atoms with van der Waals surface area (Å²) >= 11 is 0. The molecule has 0 heterocycles. The first-order valence-corrected chi connectivity index (χ1v) is 6.21. The first-order valence-electron chi connectivity index (χ1n) is 6.21. The highest BCUT2D eigenvalue weighted by Gasteiger charge is 2.30. The van der Waals surface area contributed by atoms with E-state index in [0.717, 1.165) is 38.3 Å². The van der Waals surface area contributed by atoms with Crippen LogP contribution in [0, 0.1) is 17.8 Å². The van der Waals surface area contributed by atoms with Gasteiger partial charge in [0.1, 0.15) is 0 Å². The van der Waals surface area contributed by atoms with E-state index >= 15 is 0 Å². The summed E-state index contributed by atoms with van der Waals surface area (Å²) < 4.78 is 0. The molecule has 0 amide bonds. The van der Waals surface area contributed by atoms with Crippen LogP contribution < -0.4 is 5.32 Å². The zero-order valence-corrected chi connectivity index (χ0v) is 9.24. The van der Waals surface area contributed by atoms with Crippen LogP contribution in [0.2, 0.25) is 0 Å². The number of aliphatic carboxylic acids is 1. The first kappa shape index (κ1) is 10.9. The van der Waals surface area contributed by atoms with Crippen molar-refractivity contribution in [2.75, 3.05) is 13.1 Å². The molecule has 3 nitrogen and oxygen atoms in total. The Morgan fingerprint density at radius 3 is 2.53 bits per heavy atom. The zero-order valence-electron chi connectivity index (χ0n) is 9.24. The highest BCUT2D eigenvalue weighted by molar-refractivity contribution is 5.70. The van der Waals surface area contributed by atoms with E-state index in [1.807, 2.05) is 0 Å². The number of hydrogen-bond acceptors (Lipinski definition) is 2. The zero-order chi connectivity index (χ0) is 10.7. The smallest absolute Gasteiger partial charge is 0.306 e. The number of hydrogen-bond donors (Lipinski definition) is 2. The largest absolute Gasteiger partial charge is 0.481 e. The van der Waals surface area contributed by atoms with Crippen molar-refractivity contribution in [3.63, 3.8) is 0 Å². The van der Waals surface area contributed by atoms with Crippen molar-refractivity contribution >= 4 is 5.97 Å². The van der Waals surface area contributed by atoms with Crippen LogP contribution in [0.3, 0.4) is 0 Å². The molecule has 0 aromatic heterocycles. The molecule has 3 heteroatoms. The summed E-state index contributed by atoms with van der Waals surface area (Å²) in [4.78, 5) is 11.0. The van der Waals surface area contributed by atoms with E-state index in [1.165, 1.54) is 19.3 Å². The molecular formula is C12H21NO2. The van der Waals surface area contributed by atoms with E-state index < -0.39 is 5.97 Å². The molecule has 86 valence electrons. The van der Waals surface area contributed by atoms with Crippen LogP contribution in [-0.2, 0) is 4.79 Å². The van der Waals surface area contributed by atoms with Gasteiger partial charge in [0, 0.05) is 0 Å². The summed E-state index contributed by atoms with van der Waals surface area (Å²) in [6.45, 7) is 2.01. The molecule has 2 atom stereocenters. The SMILES string of the molecule is O=C(O)C1CCCCC1CNCC1CC1. The lowest BCUT2D eigenvalue weighted by Crippen LogP contribution is -2.35. The molecule has 0 radical (unpaired) electrons. The van der Waals surface area contributed by atoms with Crippen LogP contribution in [0.4, 0.5) is 0 Å². The molecular weight excluding hydrogens is 190 g/mol. The lowest BCUT2D eigenvalue weighted by Gasteiger charge is -2.28. The van der Waals surface area contributed by atoms with Gasteiger partial charge in [-0.3, -0.25) is 4.79 Å². The van der Waals surface area contributed by atoms with Crippen LogP contribution in [0.5, 0.6) is 0 Å². The third-order valence-corrected chi connectivity index (χ3v) is 3.76. The second-order valence-electron chi connectivity index (χ2n) is 5.09. The Morgan fingerprint density at radius 2 is 1.87 bits per heavy atom. The van der Waals surface area contributed by atoms with Crippen LogP contribution in [0.1, 0.15) is 38.5 Å². The van der Waals surface area contributed by atoms with E-state index in [4.69, 9.17) is 5.11 Å². The van der Waals surface area contributed by atoms with Crippen LogP contribution in [0.25, 0.3) is 0 Å². The molecule has 0 aromatic rings. The van der Waals surface area contributed by atoms with E-state index in [9.17, 15) is 4.79 Å². The summed E-state index contributed by atoms with van der Waals surface area (Å²) in [5.74, 6) is 0.574. The van der Waals surface area contributed by atoms with E-state index in [0.29, 0.717) is 5.92 Å². The van der Waals surface area contributed by atoms with Crippen molar-refractivity contribution in [3.05, 3.63) is 0 Å². The average Bonchev–Trinajstić information content (AvgIpc) is 3.02. The standard InChI is InChI=1S/C12H21NO2/c14-12(15)11-4-2-1-3-10(11)8-13-7-9-5-6-9/h9-11,13H,1-8H2,(H,14,15). The normalized spacial score (nSPS) is 31.5. The molecule has 2 aliphatic rings. The highest BCUT2D eigenvalue weighted by Crippen LogP contribution is 2.31. The Bertz CT molecular complexity index is 226. The fourth-order valence-corrected chi connectivity index (χ4v) is 2.57. The Balaban J connectivity index is 1.73. The Kier molecular flexibility index (Phi) is 3.62. The monoisotopic (exact) mass is 211 g/mol. The first-order chi connectivity index (χ1) is 7.27. The van der Waals surface area contributed by atoms with Crippen molar-refractivity contribution < 1.29 is 9.90 Å². The van der Waals surface area contributed by atoms with Crippen molar-refractivity contribution in [2.24, 2.45) is 17.8 Å². The summed E-state index contributed by atoms with van der Waals surface area (Å²) in [6, 6.07) is 0. The maximum absolute atomic E-state index is 11.0. The topological polar surface area (TPSA) is 49.3 Å². The number of carbonyl (C=O) groups is 1. The highest BCUT2D eigenvalue weighted by atomic mass is 16.4. The van der Waals surface area contributed by atoms with Crippen molar-refractivity contribution in [1.29, 1.82) is 0 Å². The van der Waals surface area contributed by atoms with Crippen LogP contribution in [-0.4, -0.2) is 24.2 Å². The number of carboxylic acids is 1. The van der Waals surface area contributed by atoms with E-state index in [2.05, 4.69) is 5.32 Å². The predicted octanol–water partition coefficient (Wildman–Crippen LogP) is 1.88. The number of rotatable bonds is 5. The third kappa shape index (κ3) is 3.20. The number of nitrogens with one attached hydrogen (secondary N) is 1. The molecule has 15 heavy (non-hydrogen) atoms. The van der Waals surface area contributed by atoms with Gasteiger partial charge in [-0.05, 0) is 50.6 Å². The minimum atomic E-state index is -0.590. The lowest BCUT2D eigenvalue weighted by molar-refractivity contribution is -0.144. The molecule has 0 aromatic carbocycles. The Hall–Kier alpha value is -0.570. The second kappa shape index (κ2) is 4.97. The molecule has 0 spiro atoms. The van der Waals surface area contributed by atoms with Crippen molar-refractivity contribution in [2.45, 2.75) is 38.5 Å². The fraction of sp³-hybridized carbons (Fsp3) is 0.917. The van der Waals surface area contributed by atoms with Crippen molar-refractivity contribution in [1.82, 2.24) is 5.32 Å². The summed E-state index contributed by atoms with van der Waals surface area (Å²) in [5.41, 5.74) is 0. The predicted molar refractivity (Wildman–Crippen MR) is 58.7 cm³/mol. The second-order valence-corrected chi connectivity index (χ2v) is 5.09. The van der Waals surface area contributed by atoms with Gasteiger partial charge in [0.15, 0.2) is 0 Å². The van der Waals surface area contributed by atoms with Gasteiger partial charge in [0.25, 0.3) is 0 Å². The van der Waals surface area contributed by atoms with Gasteiger partial charge in [0.05, 0.1) is 5.92 Å². The van der Waals surface area contributed by atoms with Gasteiger partial charge in [0.2, 0.25) is 0 Å². The van der Waals surface area contributed by atoms with Crippen LogP contribution >= 0.6 is 0 Å². The molecule has 0 saturated heterocycles. The molecule has 0 aliphatic heterocycles. The molecule has 2 fully saturated rings. The molecule has 2 rings (SSSR count). The summed E-state index contributed by atoms with van der Waals surface area (Å²) in [5, 5.41) is 12.5. The van der Waals surface area contributed by atoms with Crippen molar-refractivity contribution in [3.8, 4) is 0 Å². The van der Waals surface area contributed by atoms with Gasteiger partial charge >= 0.3 is 5.97 Å². The number of carboxylic acid groups (broad SMARTS) is 1. The summed E-state index contributed by atoms with van der Waals surface area (Å²) in [6.07, 6.45) is 7.00. The molecule has 2 N–H and O–H groups in total. The molecule has 2 saturated carbocycles. The Morgan fingerprint density at radius 1 is 1.13 bits per heavy atom. The summed E-state index contributed by atoms with van der Waals surface area (Å²) in [7, 11) is 0. The van der Waals surface area contributed by atoms with Gasteiger partial charge in [-0.2, -0.15) is 0 Å². The van der Waals surface area contributed by atoms with Gasteiger partial charge in [-0.15, -0.1) is 0 Å². The molecule has 2 aliphatic carbocycles. The van der Waals surface area contributed by atoms with E-state index in [1.54, 1.807) is 0 Å². The average molecular weight is 211 g/mol. The molecule has 0 bridgehead atoms. The quantitative estimate of drug-likeness (QED) is 0.730. The minimum Gasteiger partial charge on any atom is -0.481 e. The maximum Gasteiger partial charge on any atom is 0.306 e. The van der Waals surface area contributed by atoms with Crippen LogP contribution in [0.15, 0.2) is 0 Å². The minimum absolute atomic E-state index is 0.0922.